The van der Waals surface area contributed by atoms with E-state index < -0.39 is 11.9 Å². The summed E-state index contributed by atoms with van der Waals surface area (Å²) in [5.41, 5.74) is 2.09. The molecule has 3 heterocycles. The van der Waals surface area contributed by atoms with Crippen LogP contribution >= 0.6 is 22.9 Å². The predicted molar refractivity (Wildman–Crippen MR) is 112 cm³/mol. The van der Waals surface area contributed by atoms with Gasteiger partial charge in [-0.05, 0) is 43.7 Å². The summed E-state index contributed by atoms with van der Waals surface area (Å²) in [4.78, 5) is 28.3. The van der Waals surface area contributed by atoms with Crippen LogP contribution in [0.3, 0.4) is 0 Å². The molecular formula is C21H14ClN3O3S. The van der Waals surface area contributed by atoms with Gasteiger partial charge in [0.1, 0.15) is 10.6 Å². The molecule has 5 rings (SSSR count). The van der Waals surface area contributed by atoms with E-state index in [1.165, 1.54) is 16.2 Å². The van der Waals surface area contributed by atoms with Gasteiger partial charge in [0.25, 0.3) is 5.91 Å². The van der Waals surface area contributed by atoms with Crippen molar-refractivity contribution in [2.45, 2.75) is 19.9 Å². The van der Waals surface area contributed by atoms with Gasteiger partial charge in [-0.15, -0.1) is 10.2 Å². The van der Waals surface area contributed by atoms with E-state index in [1.54, 1.807) is 30.3 Å². The highest BCUT2D eigenvalue weighted by Gasteiger charge is 2.45. The number of carbonyl (C=O) groups excluding carboxylic acids is 1. The maximum atomic E-state index is 13.5. The minimum Gasteiger partial charge on any atom is -0.450 e. The number of aryl methyl sites for hydroxylation is 2. The molecule has 2 aromatic carbocycles. The lowest BCUT2D eigenvalue weighted by molar-refractivity contribution is 0.0970. The highest BCUT2D eigenvalue weighted by molar-refractivity contribution is 7.15. The molecule has 0 radical (unpaired) electrons. The lowest BCUT2D eigenvalue weighted by Crippen LogP contribution is -2.29. The van der Waals surface area contributed by atoms with E-state index in [0.717, 1.165) is 5.56 Å². The summed E-state index contributed by atoms with van der Waals surface area (Å²) in [5.74, 6) is -0.384. The number of rotatable bonds is 2. The molecule has 0 bridgehead atoms. The molecule has 1 atom stereocenters. The summed E-state index contributed by atoms with van der Waals surface area (Å²) in [6.45, 7) is 3.71. The molecule has 1 aliphatic heterocycles. The number of fused-ring (bicyclic) bond motifs is 2. The van der Waals surface area contributed by atoms with Crippen molar-refractivity contribution in [3.63, 3.8) is 0 Å². The molecule has 0 aliphatic carbocycles. The van der Waals surface area contributed by atoms with Crippen molar-refractivity contribution in [1.29, 1.82) is 0 Å². The van der Waals surface area contributed by atoms with Gasteiger partial charge in [0.2, 0.25) is 10.9 Å². The van der Waals surface area contributed by atoms with Crippen molar-refractivity contribution >= 4 is 44.9 Å². The molecule has 1 amide bonds. The first-order valence-electron chi connectivity index (χ1n) is 8.90. The second-order valence-electron chi connectivity index (χ2n) is 6.91. The van der Waals surface area contributed by atoms with Gasteiger partial charge >= 0.3 is 0 Å². The average molecular weight is 424 g/mol. The largest absolute Gasteiger partial charge is 0.450 e. The van der Waals surface area contributed by atoms with Crippen LogP contribution in [0.15, 0.2) is 51.7 Å². The number of amides is 1. The summed E-state index contributed by atoms with van der Waals surface area (Å²) < 4.78 is 5.93. The fraction of sp³-hybridized carbons (Fsp3) is 0.143. The van der Waals surface area contributed by atoms with E-state index in [4.69, 9.17) is 16.0 Å². The van der Waals surface area contributed by atoms with E-state index in [1.807, 2.05) is 26.0 Å². The second kappa shape index (κ2) is 6.50. The van der Waals surface area contributed by atoms with Crippen molar-refractivity contribution in [3.05, 3.63) is 85.2 Å². The fourth-order valence-corrected chi connectivity index (χ4v) is 4.57. The van der Waals surface area contributed by atoms with E-state index >= 15 is 0 Å². The molecule has 29 heavy (non-hydrogen) atoms. The lowest BCUT2D eigenvalue weighted by Gasteiger charge is -2.22. The van der Waals surface area contributed by atoms with Gasteiger partial charge in [-0.25, -0.2) is 0 Å². The van der Waals surface area contributed by atoms with Crippen LogP contribution in [-0.2, 0) is 0 Å². The van der Waals surface area contributed by atoms with Gasteiger partial charge in [0.15, 0.2) is 5.43 Å². The van der Waals surface area contributed by atoms with Crippen LogP contribution in [0.25, 0.3) is 11.0 Å². The van der Waals surface area contributed by atoms with E-state index in [-0.39, 0.29) is 11.2 Å². The van der Waals surface area contributed by atoms with Gasteiger partial charge in [-0.1, -0.05) is 46.7 Å². The molecule has 0 saturated heterocycles. The number of hydrogen-bond acceptors (Lipinski definition) is 6. The van der Waals surface area contributed by atoms with Crippen molar-refractivity contribution in [2.75, 3.05) is 4.90 Å². The molecule has 144 valence electrons. The molecule has 0 N–H and O–H groups in total. The normalized spacial score (nSPS) is 15.9. The number of hydrogen-bond donors (Lipinski definition) is 0. The Bertz CT molecular complexity index is 1360. The predicted octanol–water partition coefficient (Wildman–Crippen LogP) is 4.66. The molecule has 0 fully saturated rings. The maximum absolute atomic E-state index is 13.5. The van der Waals surface area contributed by atoms with Gasteiger partial charge < -0.3 is 4.42 Å². The summed E-state index contributed by atoms with van der Waals surface area (Å²) in [6.07, 6.45) is 0. The van der Waals surface area contributed by atoms with Gasteiger partial charge in [0.05, 0.1) is 17.0 Å². The Labute approximate surface area is 174 Å². The van der Waals surface area contributed by atoms with Crippen LogP contribution in [0.4, 0.5) is 5.13 Å². The van der Waals surface area contributed by atoms with Gasteiger partial charge in [-0.3, -0.25) is 14.5 Å². The summed E-state index contributed by atoms with van der Waals surface area (Å²) >= 11 is 7.49. The minimum absolute atomic E-state index is 0.0316. The third-order valence-corrected chi connectivity index (χ3v) is 5.98. The van der Waals surface area contributed by atoms with Crippen molar-refractivity contribution in [2.24, 2.45) is 0 Å². The van der Waals surface area contributed by atoms with E-state index in [0.29, 0.717) is 37.3 Å². The van der Waals surface area contributed by atoms with Crippen LogP contribution in [-0.4, -0.2) is 16.1 Å². The fourth-order valence-electron chi connectivity index (χ4n) is 3.66. The highest BCUT2D eigenvalue weighted by Crippen LogP contribution is 2.42. The number of aromatic nitrogens is 2. The Kier molecular flexibility index (Phi) is 4.04. The molecule has 0 saturated carbocycles. The van der Waals surface area contributed by atoms with Crippen molar-refractivity contribution < 1.29 is 9.21 Å². The first-order chi connectivity index (χ1) is 13.9. The molecular weight excluding hydrogens is 410 g/mol. The minimum atomic E-state index is -0.690. The van der Waals surface area contributed by atoms with Crippen LogP contribution in [0.5, 0.6) is 0 Å². The first-order valence-corrected chi connectivity index (χ1v) is 10.1. The number of halogens is 1. The summed E-state index contributed by atoms with van der Waals surface area (Å²) in [7, 11) is 0. The number of anilines is 1. The molecule has 0 spiro atoms. The van der Waals surface area contributed by atoms with Crippen LogP contribution < -0.4 is 10.3 Å². The molecule has 6 nitrogen and oxygen atoms in total. The zero-order chi connectivity index (χ0) is 20.3. The number of nitrogens with zero attached hydrogens (tertiary/aromatic N) is 3. The monoisotopic (exact) mass is 423 g/mol. The standard InChI is InChI=1S/C21H14ClN3O3S/c1-10-6-7-15-14(8-10)18(26)16-17(12-4-3-5-13(22)9-12)25(20(27)19(16)28-15)21-24-23-11(2)29-21/h3-9,17H,1-2H3/t17-/m1/s1. The van der Waals surface area contributed by atoms with E-state index in [2.05, 4.69) is 10.2 Å². The Balaban J connectivity index is 1.84. The maximum Gasteiger partial charge on any atom is 0.297 e. The Hall–Kier alpha value is -3.03. The van der Waals surface area contributed by atoms with Crippen LogP contribution in [0, 0.1) is 13.8 Å². The van der Waals surface area contributed by atoms with Crippen molar-refractivity contribution in [3.8, 4) is 0 Å². The first kappa shape index (κ1) is 18.0. The topological polar surface area (TPSA) is 76.3 Å². The zero-order valence-corrected chi connectivity index (χ0v) is 17.0. The van der Waals surface area contributed by atoms with Crippen LogP contribution in [0.2, 0.25) is 5.02 Å². The molecule has 8 heteroatoms. The van der Waals surface area contributed by atoms with Crippen LogP contribution in [0.1, 0.15) is 38.3 Å². The number of benzene rings is 2. The quantitative estimate of drug-likeness (QED) is 0.468. The zero-order valence-electron chi connectivity index (χ0n) is 15.5. The van der Waals surface area contributed by atoms with E-state index in [9.17, 15) is 9.59 Å². The summed E-state index contributed by atoms with van der Waals surface area (Å²) in [5, 5.41) is 10.3. The summed E-state index contributed by atoms with van der Waals surface area (Å²) in [6, 6.07) is 11.8. The molecule has 1 aliphatic rings. The Morgan fingerprint density at radius 3 is 2.66 bits per heavy atom. The highest BCUT2D eigenvalue weighted by atomic mass is 35.5. The SMILES string of the molecule is Cc1ccc2oc3c(c(=O)c2c1)[C@@H](c1cccc(Cl)c1)N(c1nnc(C)s1)C3=O. The Morgan fingerprint density at radius 2 is 1.93 bits per heavy atom. The molecule has 2 aromatic heterocycles. The number of carbonyl (C=O) groups is 1. The smallest absolute Gasteiger partial charge is 0.297 e. The third kappa shape index (κ3) is 2.77. The third-order valence-electron chi connectivity index (χ3n) is 4.91. The average Bonchev–Trinajstić information content (AvgIpc) is 3.24. The van der Waals surface area contributed by atoms with Gasteiger partial charge in [0, 0.05) is 5.02 Å². The van der Waals surface area contributed by atoms with Crippen molar-refractivity contribution in [1.82, 2.24) is 10.2 Å². The lowest BCUT2D eigenvalue weighted by atomic mass is 9.98. The van der Waals surface area contributed by atoms with Gasteiger partial charge in [-0.2, -0.15) is 0 Å². The Morgan fingerprint density at radius 1 is 1.10 bits per heavy atom. The molecule has 4 aromatic rings. The second-order valence-corrected chi connectivity index (χ2v) is 8.51. The molecule has 0 unspecified atom stereocenters.